The minimum atomic E-state index is -0.771. The normalized spacial score (nSPS) is 17.7. The number of benzene rings is 2. The van der Waals surface area contributed by atoms with E-state index in [1.165, 1.54) is 31.4 Å². The van der Waals surface area contributed by atoms with Crippen LogP contribution in [0.25, 0.3) is 22.4 Å². The van der Waals surface area contributed by atoms with Gasteiger partial charge in [0.1, 0.15) is 17.7 Å². The molecule has 1 aliphatic rings. The molecule has 7 nitrogen and oxygen atoms in total. The zero-order valence-corrected chi connectivity index (χ0v) is 18.3. The second-order valence-corrected chi connectivity index (χ2v) is 7.99. The minimum Gasteiger partial charge on any atom is -0.494 e. The first-order chi connectivity index (χ1) is 16.4. The number of β-amino-alcohol motifs (C(OH)–C–C–N with tert-alkyl or cyclic N) is 1. The van der Waals surface area contributed by atoms with E-state index in [0.29, 0.717) is 35.5 Å². The molecule has 2 unspecified atom stereocenters. The van der Waals surface area contributed by atoms with Crippen LogP contribution in [0.5, 0.6) is 5.75 Å². The van der Waals surface area contributed by atoms with Gasteiger partial charge in [0.05, 0.1) is 36.1 Å². The number of halogens is 2. The molecule has 172 valence electrons. The van der Waals surface area contributed by atoms with Crippen LogP contribution in [-0.2, 0) is 0 Å². The summed E-state index contributed by atoms with van der Waals surface area (Å²) in [6.45, 7) is 0.727. The molecule has 0 aliphatic carbocycles. The van der Waals surface area contributed by atoms with Gasteiger partial charge < -0.3 is 20.5 Å². The molecule has 0 bridgehead atoms. The summed E-state index contributed by atoms with van der Waals surface area (Å²) in [4.78, 5) is 6.50. The van der Waals surface area contributed by atoms with E-state index in [1.54, 1.807) is 23.1 Å². The van der Waals surface area contributed by atoms with Gasteiger partial charge in [-0.3, -0.25) is 0 Å². The first-order valence-electron chi connectivity index (χ1n) is 10.5. The number of pyridine rings is 1. The summed E-state index contributed by atoms with van der Waals surface area (Å²) in [5.74, 6) is -0.925. The summed E-state index contributed by atoms with van der Waals surface area (Å²) >= 11 is 0. The molecule has 0 spiro atoms. The Kier molecular flexibility index (Phi) is 6.42. The molecular formula is C25H21F2N5O2. The van der Waals surface area contributed by atoms with E-state index in [-0.39, 0.29) is 35.2 Å². The molecule has 34 heavy (non-hydrogen) atoms. The van der Waals surface area contributed by atoms with Crippen LogP contribution in [0.15, 0.2) is 42.5 Å². The van der Waals surface area contributed by atoms with Crippen molar-refractivity contribution < 1.29 is 18.6 Å². The molecule has 3 aromatic rings. The van der Waals surface area contributed by atoms with Crippen molar-refractivity contribution in [3.63, 3.8) is 0 Å². The van der Waals surface area contributed by atoms with Gasteiger partial charge in [0.15, 0.2) is 11.6 Å². The lowest BCUT2D eigenvalue weighted by atomic mass is 9.94. The molecule has 4 rings (SSSR count). The van der Waals surface area contributed by atoms with Crippen molar-refractivity contribution >= 4 is 5.82 Å². The zero-order valence-electron chi connectivity index (χ0n) is 18.3. The molecule has 2 atom stereocenters. The lowest BCUT2D eigenvalue weighted by Gasteiger charge is -2.35. The van der Waals surface area contributed by atoms with Gasteiger partial charge in [0, 0.05) is 30.3 Å². The van der Waals surface area contributed by atoms with Crippen LogP contribution >= 0.6 is 0 Å². The maximum Gasteiger partial charge on any atom is 0.165 e. The average molecular weight is 461 g/mol. The number of ether oxygens (including phenoxy) is 1. The Morgan fingerprint density at radius 1 is 1.06 bits per heavy atom. The van der Waals surface area contributed by atoms with Crippen LogP contribution in [0.4, 0.5) is 14.6 Å². The largest absolute Gasteiger partial charge is 0.494 e. The second-order valence-electron chi connectivity index (χ2n) is 7.99. The zero-order chi connectivity index (χ0) is 24.4. The first-order valence-corrected chi connectivity index (χ1v) is 10.5. The molecule has 1 saturated heterocycles. The highest BCUT2D eigenvalue weighted by molar-refractivity contribution is 5.87. The van der Waals surface area contributed by atoms with Gasteiger partial charge in [0.25, 0.3) is 0 Å². The Morgan fingerprint density at radius 3 is 2.38 bits per heavy atom. The van der Waals surface area contributed by atoms with Crippen LogP contribution in [0.1, 0.15) is 17.5 Å². The average Bonchev–Trinajstić information content (AvgIpc) is 2.84. The third kappa shape index (κ3) is 4.27. The van der Waals surface area contributed by atoms with Crippen molar-refractivity contribution in [2.24, 2.45) is 5.73 Å². The highest BCUT2D eigenvalue weighted by atomic mass is 19.1. The summed E-state index contributed by atoms with van der Waals surface area (Å²) in [5, 5.41) is 29.3. The van der Waals surface area contributed by atoms with E-state index in [1.807, 2.05) is 0 Å². The van der Waals surface area contributed by atoms with E-state index < -0.39 is 17.7 Å². The number of anilines is 1. The number of aliphatic hydroxyl groups excluding tert-OH is 1. The molecule has 1 aliphatic heterocycles. The number of nitrogens with two attached hydrogens (primary N) is 1. The van der Waals surface area contributed by atoms with Crippen molar-refractivity contribution in [2.45, 2.75) is 18.6 Å². The van der Waals surface area contributed by atoms with Crippen LogP contribution in [0, 0.1) is 34.3 Å². The Balaban J connectivity index is 1.95. The molecule has 2 heterocycles. The standard InChI is InChI=1S/C25H21F2N5O2/c1-34-22-5-4-14(8-19(22)27)24-17(12-29)10-23(32-7-6-20(30)21(33)13-32)31-25(24)15-2-3-16(11-28)18(26)9-15/h2-5,8-10,20-21,33H,6-7,13,30H2,1H3. The lowest BCUT2D eigenvalue weighted by Crippen LogP contribution is -2.50. The van der Waals surface area contributed by atoms with E-state index in [9.17, 15) is 19.1 Å². The number of aromatic nitrogens is 1. The summed E-state index contributed by atoms with van der Waals surface area (Å²) in [6, 6.07) is 13.4. The van der Waals surface area contributed by atoms with E-state index >= 15 is 0 Å². The molecule has 0 radical (unpaired) electrons. The number of rotatable bonds is 4. The van der Waals surface area contributed by atoms with Crippen molar-refractivity contribution in [1.82, 2.24) is 4.98 Å². The third-order valence-electron chi connectivity index (χ3n) is 5.89. The fourth-order valence-electron chi connectivity index (χ4n) is 4.02. The van der Waals surface area contributed by atoms with Gasteiger partial charge in [-0.25, -0.2) is 13.8 Å². The highest BCUT2D eigenvalue weighted by Gasteiger charge is 2.27. The molecule has 2 aromatic carbocycles. The molecule has 1 aromatic heterocycles. The van der Waals surface area contributed by atoms with Gasteiger partial charge in [0.2, 0.25) is 0 Å². The molecule has 1 fully saturated rings. The molecule has 0 saturated carbocycles. The summed E-state index contributed by atoms with van der Waals surface area (Å²) in [6.07, 6.45) is -0.246. The van der Waals surface area contributed by atoms with E-state index in [0.717, 1.165) is 6.07 Å². The number of piperidine rings is 1. The van der Waals surface area contributed by atoms with Crippen LogP contribution in [0.2, 0.25) is 0 Å². The van der Waals surface area contributed by atoms with Crippen molar-refractivity contribution in [3.8, 4) is 40.3 Å². The van der Waals surface area contributed by atoms with Crippen molar-refractivity contribution in [1.29, 1.82) is 10.5 Å². The summed E-state index contributed by atoms with van der Waals surface area (Å²) in [7, 11) is 1.35. The van der Waals surface area contributed by atoms with Crippen LogP contribution in [0.3, 0.4) is 0 Å². The second kappa shape index (κ2) is 9.44. The van der Waals surface area contributed by atoms with Gasteiger partial charge in [-0.15, -0.1) is 0 Å². The monoisotopic (exact) mass is 461 g/mol. The Labute approximate surface area is 195 Å². The fourth-order valence-corrected chi connectivity index (χ4v) is 4.02. The molecule has 0 amide bonds. The Bertz CT molecular complexity index is 1330. The maximum atomic E-state index is 14.5. The maximum absolute atomic E-state index is 14.5. The third-order valence-corrected chi connectivity index (χ3v) is 5.89. The number of nitrogens with zero attached hydrogens (tertiary/aromatic N) is 4. The number of nitriles is 2. The lowest BCUT2D eigenvalue weighted by molar-refractivity contribution is 0.131. The highest BCUT2D eigenvalue weighted by Crippen LogP contribution is 2.38. The fraction of sp³-hybridized carbons (Fsp3) is 0.240. The van der Waals surface area contributed by atoms with E-state index in [4.69, 9.17) is 20.7 Å². The topological polar surface area (TPSA) is 119 Å². The van der Waals surface area contributed by atoms with Crippen LogP contribution < -0.4 is 15.4 Å². The number of hydrogen-bond acceptors (Lipinski definition) is 7. The quantitative estimate of drug-likeness (QED) is 0.612. The summed E-state index contributed by atoms with van der Waals surface area (Å²) < 4.78 is 34.1. The van der Waals surface area contributed by atoms with E-state index in [2.05, 4.69) is 6.07 Å². The van der Waals surface area contributed by atoms with Gasteiger partial charge in [-0.1, -0.05) is 12.1 Å². The van der Waals surface area contributed by atoms with Gasteiger partial charge in [-0.05, 0) is 42.3 Å². The molecule has 3 N–H and O–H groups in total. The summed E-state index contributed by atoms with van der Waals surface area (Å²) in [5.41, 5.74) is 7.20. The van der Waals surface area contributed by atoms with Gasteiger partial charge >= 0.3 is 0 Å². The number of aliphatic hydroxyl groups is 1. The molecule has 9 heteroatoms. The number of hydrogen-bond donors (Lipinski definition) is 2. The van der Waals surface area contributed by atoms with Crippen LogP contribution in [-0.4, -0.2) is 42.4 Å². The van der Waals surface area contributed by atoms with Crippen molar-refractivity contribution in [2.75, 3.05) is 25.1 Å². The first kappa shape index (κ1) is 23.1. The van der Waals surface area contributed by atoms with Gasteiger partial charge in [-0.2, -0.15) is 10.5 Å². The molecular weight excluding hydrogens is 440 g/mol. The van der Waals surface area contributed by atoms with Crippen molar-refractivity contribution in [3.05, 3.63) is 65.2 Å². The predicted molar refractivity (Wildman–Crippen MR) is 122 cm³/mol. The Hall–Kier alpha value is -4.05. The Morgan fingerprint density at radius 2 is 1.76 bits per heavy atom. The number of methoxy groups -OCH3 is 1. The minimum absolute atomic E-state index is 0.0384. The smallest absolute Gasteiger partial charge is 0.165 e. The predicted octanol–water partition coefficient (Wildman–Crippen LogP) is 3.34. The SMILES string of the molecule is COc1ccc(-c2c(C#N)cc(N3CCC(N)C(O)C3)nc2-c2ccc(C#N)c(F)c2)cc1F.